The lowest BCUT2D eigenvalue weighted by Gasteiger charge is -2.26. The third-order valence-corrected chi connectivity index (χ3v) is 5.84. The predicted octanol–water partition coefficient (Wildman–Crippen LogP) is 3.29. The van der Waals surface area contributed by atoms with Gasteiger partial charge in [0.15, 0.2) is 6.67 Å². The van der Waals surface area contributed by atoms with E-state index < -0.39 is 5.54 Å². The van der Waals surface area contributed by atoms with Crippen LogP contribution in [0.1, 0.15) is 49.8 Å². The van der Waals surface area contributed by atoms with Gasteiger partial charge in [0.1, 0.15) is 12.1 Å². The first kappa shape index (κ1) is 21.3. The van der Waals surface area contributed by atoms with E-state index in [1.165, 1.54) is 16.0 Å². The second kappa shape index (κ2) is 8.56. The van der Waals surface area contributed by atoms with E-state index in [0.717, 1.165) is 17.0 Å². The minimum absolute atomic E-state index is 0.221. The Kier molecular flexibility index (Phi) is 6.30. The molecule has 0 bridgehead atoms. The molecule has 2 aromatic carbocycles. The molecule has 154 valence electrons. The molecular weight excluding hydrogens is 386 g/mol. The lowest BCUT2D eigenvalue weighted by molar-refractivity contribution is -0.901. The highest BCUT2D eigenvalue weighted by Crippen LogP contribution is 2.33. The van der Waals surface area contributed by atoms with Crippen molar-refractivity contribution in [1.29, 1.82) is 0 Å². The number of rotatable bonds is 7. The molecule has 0 saturated carbocycles. The Bertz CT molecular complexity index is 897. The molecule has 6 heteroatoms. The minimum Gasteiger partial charge on any atom is -0.319 e. The standard InChI is InChI=1S/C23H28ClN3O2/c1-5-23(19-7-6-8-20(24)13-19)21(28)27(22(29)25-23)15-26(4)14-17-9-11-18(12-10-17)16(2)3/h6-13,16H,5,14-15H2,1-4H3,(H,25,29)/p+1/t23-/m1/s1. The van der Waals surface area contributed by atoms with Gasteiger partial charge in [0, 0.05) is 10.6 Å². The number of halogens is 1. The normalized spacial score (nSPS) is 20.3. The van der Waals surface area contributed by atoms with Crippen LogP contribution in [0.4, 0.5) is 4.79 Å². The maximum Gasteiger partial charge on any atom is 0.329 e. The molecule has 29 heavy (non-hydrogen) atoms. The van der Waals surface area contributed by atoms with Gasteiger partial charge >= 0.3 is 6.03 Å². The van der Waals surface area contributed by atoms with Crippen LogP contribution in [-0.4, -0.2) is 30.6 Å². The molecule has 1 unspecified atom stereocenters. The highest BCUT2D eigenvalue weighted by molar-refractivity contribution is 6.30. The summed E-state index contributed by atoms with van der Waals surface area (Å²) in [5, 5.41) is 3.46. The predicted molar refractivity (Wildman–Crippen MR) is 115 cm³/mol. The average Bonchev–Trinajstić information content (AvgIpc) is 2.93. The summed E-state index contributed by atoms with van der Waals surface area (Å²) in [6.45, 7) is 7.27. The molecule has 0 aromatic heterocycles. The van der Waals surface area contributed by atoms with Gasteiger partial charge in [-0.1, -0.05) is 68.8 Å². The van der Waals surface area contributed by atoms with Crippen LogP contribution in [0.2, 0.25) is 5.02 Å². The molecule has 1 saturated heterocycles. The summed E-state index contributed by atoms with van der Waals surface area (Å²) < 4.78 is 0. The number of urea groups is 1. The molecule has 1 aliphatic heterocycles. The molecule has 1 heterocycles. The van der Waals surface area contributed by atoms with E-state index in [1.54, 1.807) is 18.2 Å². The van der Waals surface area contributed by atoms with Crippen LogP contribution in [-0.2, 0) is 16.9 Å². The van der Waals surface area contributed by atoms with Crippen LogP contribution in [0, 0.1) is 0 Å². The fourth-order valence-electron chi connectivity index (χ4n) is 3.86. The molecular formula is C23H29ClN3O2+. The molecule has 2 atom stereocenters. The minimum atomic E-state index is -1.05. The summed E-state index contributed by atoms with van der Waals surface area (Å²) >= 11 is 6.13. The van der Waals surface area contributed by atoms with Gasteiger partial charge in [-0.05, 0) is 35.6 Å². The second-order valence-electron chi connectivity index (χ2n) is 8.12. The number of quaternary nitrogens is 1. The quantitative estimate of drug-likeness (QED) is 0.683. The number of carbonyl (C=O) groups is 2. The third-order valence-electron chi connectivity index (χ3n) is 5.60. The van der Waals surface area contributed by atoms with Gasteiger partial charge in [-0.25, -0.2) is 9.69 Å². The number of imide groups is 1. The molecule has 2 N–H and O–H groups in total. The highest BCUT2D eigenvalue weighted by atomic mass is 35.5. The van der Waals surface area contributed by atoms with Crippen molar-refractivity contribution < 1.29 is 14.5 Å². The zero-order chi connectivity index (χ0) is 21.2. The Labute approximate surface area is 177 Å². The fraction of sp³-hybridized carbons (Fsp3) is 0.391. The molecule has 3 rings (SSSR count). The van der Waals surface area contributed by atoms with Crippen LogP contribution in [0.5, 0.6) is 0 Å². The largest absolute Gasteiger partial charge is 0.329 e. The average molecular weight is 415 g/mol. The Balaban J connectivity index is 1.74. The van der Waals surface area contributed by atoms with Crippen molar-refractivity contribution in [3.63, 3.8) is 0 Å². The lowest BCUT2D eigenvalue weighted by Crippen LogP contribution is -3.09. The van der Waals surface area contributed by atoms with E-state index in [-0.39, 0.29) is 11.9 Å². The SMILES string of the molecule is CC[C@]1(c2cccc(Cl)c2)NC(=O)N(C[NH+](C)Cc2ccc(C(C)C)cc2)C1=O. The Hall–Kier alpha value is -2.37. The van der Waals surface area contributed by atoms with Crippen molar-refractivity contribution >= 4 is 23.5 Å². The first-order valence-electron chi connectivity index (χ1n) is 10.1. The number of nitrogens with zero attached hydrogens (tertiary/aromatic N) is 1. The smallest absolute Gasteiger partial charge is 0.319 e. The molecule has 5 nitrogen and oxygen atoms in total. The van der Waals surface area contributed by atoms with Gasteiger partial charge in [0.05, 0.1) is 7.05 Å². The third kappa shape index (κ3) is 4.31. The van der Waals surface area contributed by atoms with Gasteiger partial charge in [-0.15, -0.1) is 0 Å². The van der Waals surface area contributed by atoms with Crippen molar-refractivity contribution in [2.24, 2.45) is 0 Å². The summed E-state index contributed by atoms with van der Waals surface area (Å²) in [7, 11) is 1.99. The van der Waals surface area contributed by atoms with Gasteiger partial charge in [-0.3, -0.25) is 4.79 Å². The van der Waals surface area contributed by atoms with Crippen molar-refractivity contribution in [2.75, 3.05) is 13.7 Å². The number of carbonyl (C=O) groups excluding carboxylic acids is 2. The topological polar surface area (TPSA) is 53.9 Å². The van der Waals surface area contributed by atoms with Crippen LogP contribution in [0.15, 0.2) is 48.5 Å². The van der Waals surface area contributed by atoms with Crippen LogP contribution in [0.3, 0.4) is 0 Å². The number of nitrogens with one attached hydrogen (secondary N) is 2. The first-order valence-corrected chi connectivity index (χ1v) is 10.4. The summed E-state index contributed by atoms with van der Waals surface area (Å²) in [5.41, 5.74) is 2.14. The maximum absolute atomic E-state index is 13.3. The summed E-state index contributed by atoms with van der Waals surface area (Å²) in [6.07, 6.45) is 0.462. The van der Waals surface area contributed by atoms with E-state index in [4.69, 9.17) is 11.6 Å². The van der Waals surface area contributed by atoms with E-state index in [9.17, 15) is 9.59 Å². The summed E-state index contributed by atoms with van der Waals surface area (Å²) in [4.78, 5) is 28.3. The van der Waals surface area contributed by atoms with E-state index in [0.29, 0.717) is 24.0 Å². The molecule has 0 aliphatic carbocycles. The summed E-state index contributed by atoms with van der Waals surface area (Å²) in [5.74, 6) is 0.274. The monoisotopic (exact) mass is 414 g/mol. The summed E-state index contributed by atoms with van der Waals surface area (Å²) in [6, 6.07) is 15.3. The first-order chi connectivity index (χ1) is 13.8. The number of hydrogen-bond acceptors (Lipinski definition) is 2. The van der Waals surface area contributed by atoms with Crippen molar-refractivity contribution in [1.82, 2.24) is 10.2 Å². The van der Waals surface area contributed by atoms with Gasteiger partial charge < -0.3 is 10.2 Å². The Morgan fingerprint density at radius 1 is 1.14 bits per heavy atom. The second-order valence-corrected chi connectivity index (χ2v) is 8.56. The molecule has 3 amide bonds. The maximum atomic E-state index is 13.3. The van der Waals surface area contributed by atoms with Crippen molar-refractivity contribution in [3.8, 4) is 0 Å². The van der Waals surface area contributed by atoms with E-state index in [2.05, 4.69) is 43.4 Å². The van der Waals surface area contributed by atoms with Crippen LogP contribution in [0.25, 0.3) is 0 Å². The lowest BCUT2D eigenvalue weighted by atomic mass is 9.87. The number of amides is 3. The van der Waals surface area contributed by atoms with Crippen molar-refractivity contribution in [3.05, 3.63) is 70.2 Å². The highest BCUT2D eigenvalue weighted by Gasteiger charge is 2.52. The van der Waals surface area contributed by atoms with Gasteiger partial charge in [-0.2, -0.15) is 0 Å². The zero-order valence-electron chi connectivity index (χ0n) is 17.5. The molecule has 0 radical (unpaired) electrons. The van der Waals surface area contributed by atoms with E-state index in [1.807, 2.05) is 20.0 Å². The fourth-order valence-corrected chi connectivity index (χ4v) is 4.05. The zero-order valence-corrected chi connectivity index (χ0v) is 18.2. The van der Waals surface area contributed by atoms with E-state index >= 15 is 0 Å². The molecule has 1 fully saturated rings. The molecule has 0 spiro atoms. The van der Waals surface area contributed by atoms with Crippen LogP contribution < -0.4 is 10.2 Å². The van der Waals surface area contributed by atoms with Crippen LogP contribution >= 0.6 is 11.6 Å². The number of hydrogen-bond donors (Lipinski definition) is 2. The van der Waals surface area contributed by atoms with Crippen molar-refractivity contribution in [2.45, 2.75) is 45.2 Å². The van der Waals surface area contributed by atoms with Gasteiger partial charge in [0.25, 0.3) is 5.91 Å². The number of benzene rings is 2. The molecule has 2 aromatic rings. The Morgan fingerprint density at radius 2 is 1.83 bits per heavy atom. The molecule has 1 aliphatic rings. The Morgan fingerprint density at radius 3 is 2.41 bits per heavy atom. The van der Waals surface area contributed by atoms with Gasteiger partial charge in [0.2, 0.25) is 0 Å².